The van der Waals surface area contributed by atoms with E-state index in [2.05, 4.69) is 15.3 Å². The molecular formula is C18H16N4OS. The molecule has 0 aliphatic carbocycles. The van der Waals surface area contributed by atoms with Crippen molar-refractivity contribution in [1.82, 2.24) is 14.4 Å². The molecule has 0 aliphatic rings. The quantitative estimate of drug-likeness (QED) is 0.594. The number of thiazole rings is 1. The second-order valence-corrected chi connectivity index (χ2v) is 6.12. The number of nitrogens with one attached hydrogen (secondary N) is 1. The highest BCUT2D eigenvalue weighted by Gasteiger charge is 2.13. The number of anilines is 2. The molecule has 0 unspecified atom stereocenters. The molecule has 5 nitrogen and oxygen atoms in total. The Morgan fingerprint density at radius 1 is 1.17 bits per heavy atom. The Bertz CT molecular complexity index is 1090. The van der Waals surface area contributed by atoms with E-state index in [4.69, 9.17) is 8.85 Å². The van der Waals surface area contributed by atoms with Crippen LogP contribution < -0.4 is 10.1 Å². The van der Waals surface area contributed by atoms with E-state index in [0.29, 0.717) is 5.75 Å². The number of benzene rings is 1. The molecule has 0 radical (unpaired) electrons. The van der Waals surface area contributed by atoms with Crippen LogP contribution in [-0.4, -0.2) is 21.4 Å². The smallest absolute Gasteiger partial charge is 0.187 e. The zero-order valence-electron chi connectivity index (χ0n) is 15.9. The second kappa shape index (κ2) is 5.98. The molecule has 0 fully saturated rings. The topological polar surface area (TPSA) is 51.5 Å². The van der Waals surface area contributed by atoms with Crippen LogP contribution in [-0.2, 0) is 0 Å². The van der Waals surface area contributed by atoms with Gasteiger partial charge < -0.3 is 10.1 Å². The van der Waals surface area contributed by atoms with E-state index in [1.54, 1.807) is 24.3 Å². The molecule has 6 heteroatoms. The molecule has 1 N–H and O–H groups in total. The minimum Gasteiger partial charge on any atom is -0.497 e. The normalized spacial score (nSPS) is 13.3. The van der Waals surface area contributed by atoms with Gasteiger partial charge in [-0.2, -0.15) is 0 Å². The fraction of sp³-hybridized carbons (Fsp3) is 0.111. The average molecular weight is 339 g/mol. The van der Waals surface area contributed by atoms with E-state index in [1.165, 1.54) is 11.3 Å². The van der Waals surface area contributed by atoms with Crippen LogP contribution in [0.1, 0.15) is 9.81 Å². The molecule has 24 heavy (non-hydrogen) atoms. The fourth-order valence-corrected chi connectivity index (χ4v) is 3.31. The molecule has 0 bridgehead atoms. The second-order valence-electron chi connectivity index (χ2n) is 5.26. The molecule has 0 saturated carbocycles. The minimum atomic E-state index is -2.45. The number of hydrogen-bond acceptors (Lipinski definition) is 5. The SMILES string of the molecule is [2H]C([2H])([2H])Oc1ccc(Nc2nc(-c3c(C)nc4ccccn34)cs2)cc1. The average Bonchev–Trinajstić information content (AvgIpc) is 3.18. The van der Waals surface area contributed by atoms with Gasteiger partial charge in [-0.15, -0.1) is 11.3 Å². The van der Waals surface area contributed by atoms with Gasteiger partial charge in [-0.25, -0.2) is 9.97 Å². The Balaban J connectivity index is 1.55. The lowest BCUT2D eigenvalue weighted by atomic mass is 10.3. The van der Waals surface area contributed by atoms with Crippen molar-refractivity contribution in [3.63, 3.8) is 0 Å². The number of methoxy groups -OCH3 is 1. The van der Waals surface area contributed by atoms with Gasteiger partial charge in [0.25, 0.3) is 0 Å². The molecule has 1 aromatic carbocycles. The standard InChI is InChI=1S/C18H16N4OS/c1-12-17(22-10-4-3-5-16(22)19-12)15-11-24-18(21-15)20-13-6-8-14(23-2)9-7-13/h3-11H,1-2H3,(H,20,21)/i2D3. The van der Waals surface area contributed by atoms with Crippen molar-refractivity contribution in [2.24, 2.45) is 0 Å². The third-order valence-corrected chi connectivity index (χ3v) is 4.43. The molecule has 0 spiro atoms. The molecule has 3 heterocycles. The zero-order valence-corrected chi connectivity index (χ0v) is 13.7. The zero-order chi connectivity index (χ0) is 19.0. The number of hydrogen-bond donors (Lipinski definition) is 1. The summed E-state index contributed by atoms with van der Waals surface area (Å²) in [4.78, 5) is 9.24. The highest BCUT2D eigenvalue weighted by atomic mass is 32.1. The van der Waals surface area contributed by atoms with Gasteiger partial charge in [0.2, 0.25) is 0 Å². The van der Waals surface area contributed by atoms with E-state index < -0.39 is 7.04 Å². The van der Waals surface area contributed by atoms with E-state index in [-0.39, 0.29) is 0 Å². The van der Waals surface area contributed by atoms with E-state index in [0.717, 1.165) is 33.5 Å². The maximum Gasteiger partial charge on any atom is 0.187 e. The van der Waals surface area contributed by atoms with Gasteiger partial charge in [0.1, 0.15) is 17.1 Å². The number of fused-ring (bicyclic) bond motifs is 1. The van der Waals surface area contributed by atoms with E-state index in [9.17, 15) is 0 Å². The van der Waals surface area contributed by atoms with Gasteiger partial charge in [-0.05, 0) is 43.3 Å². The third-order valence-electron chi connectivity index (χ3n) is 3.67. The number of ether oxygens (including phenoxy) is 1. The lowest BCUT2D eigenvalue weighted by Crippen LogP contribution is -1.92. The van der Waals surface area contributed by atoms with Crippen LogP contribution in [0.3, 0.4) is 0 Å². The summed E-state index contributed by atoms with van der Waals surface area (Å²) < 4.78 is 28.3. The van der Waals surface area contributed by atoms with Crippen molar-refractivity contribution >= 4 is 27.8 Å². The van der Waals surface area contributed by atoms with Crippen LogP contribution >= 0.6 is 11.3 Å². The Hall–Kier alpha value is -2.86. The summed E-state index contributed by atoms with van der Waals surface area (Å²) in [5.74, 6) is 0.293. The van der Waals surface area contributed by atoms with Crippen molar-refractivity contribution < 1.29 is 8.85 Å². The first-order valence-corrected chi connectivity index (χ1v) is 8.23. The summed E-state index contributed by atoms with van der Waals surface area (Å²) >= 11 is 1.49. The molecule has 120 valence electrons. The summed E-state index contributed by atoms with van der Waals surface area (Å²) in [5, 5.41) is 5.95. The molecule has 0 amide bonds. The number of aromatic nitrogens is 3. The Morgan fingerprint density at radius 2 is 2.04 bits per heavy atom. The number of pyridine rings is 1. The van der Waals surface area contributed by atoms with Crippen molar-refractivity contribution in [1.29, 1.82) is 0 Å². The first kappa shape index (κ1) is 11.6. The predicted octanol–water partition coefficient (Wildman–Crippen LogP) is 4.52. The van der Waals surface area contributed by atoms with Crippen molar-refractivity contribution in [3.05, 3.63) is 59.7 Å². The molecule has 0 atom stereocenters. The van der Waals surface area contributed by atoms with Crippen LogP contribution in [0.4, 0.5) is 10.8 Å². The first-order valence-electron chi connectivity index (χ1n) is 8.85. The number of imidazole rings is 1. The molecule has 4 aromatic rings. The monoisotopic (exact) mass is 339 g/mol. The Morgan fingerprint density at radius 3 is 2.88 bits per heavy atom. The molecule has 3 aromatic heterocycles. The van der Waals surface area contributed by atoms with Crippen LogP contribution in [0.2, 0.25) is 0 Å². The maximum absolute atomic E-state index is 7.13. The van der Waals surface area contributed by atoms with E-state index >= 15 is 0 Å². The van der Waals surface area contributed by atoms with Crippen molar-refractivity contribution in [2.45, 2.75) is 6.92 Å². The predicted molar refractivity (Wildman–Crippen MR) is 97.3 cm³/mol. The third kappa shape index (κ3) is 2.61. The summed E-state index contributed by atoms with van der Waals surface area (Å²) in [6, 6.07) is 12.6. The van der Waals surface area contributed by atoms with Gasteiger partial charge >= 0.3 is 0 Å². The van der Waals surface area contributed by atoms with Crippen LogP contribution in [0, 0.1) is 6.92 Å². The Kier molecular flexibility index (Phi) is 2.90. The summed E-state index contributed by atoms with van der Waals surface area (Å²) in [6.07, 6.45) is 1.97. The van der Waals surface area contributed by atoms with Crippen LogP contribution in [0.5, 0.6) is 5.75 Å². The van der Waals surface area contributed by atoms with Crippen molar-refractivity contribution in [3.8, 4) is 17.1 Å². The van der Waals surface area contributed by atoms with Crippen LogP contribution in [0.25, 0.3) is 17.0 Å². The summed E-state index contributed by atoms with van der Waals surface area (Å²) in [7, 11) is -2.45. The minimum absolute atomic E-state index is 0.293. The number of aryl methyl sites for hydroxylation is 1. The van der Waals surface area contributed by atoms with Crippen molar-refractivity contribution in [2.75, 3.05) is 12.4 Å². The number of nitrogens with zero attached hydrogens (tertiary/aromatic N) is 3. The van der Waals surface area contributed by atoms with Gasteiger partial charge in [-0.1, -0.05) is 6.07 Å². The van der Waals surface area contributed by atoms with Crippen LogP contribution in [0.15, 0.2) is 54.0 Å². The van der Waals surface area contributed by atoms with Gasteiger partial charge in [-0.3, -0.25) is 4.40 Å². The fourth-order valence-electron chi connectivity index (χ4n) is 2.59. The highest BCUT2D eigenvalue weighted by molar-refractivity contribution is 7.14. The first-order chi connectivity index (χ1) is 12.9. The number of rotatable bonds is 4. The lowest BCUT2D eigenvalue weighted by Gasteiger charge is -2.04. The molecule has 0 aliphatic heterocycles. The van der Waals surface area contributed by atoms with Gasteiger partial charge in [0, 0.05) is 17.3 Å². The maximum atomic E-state index is 7.13. The summed E-state index contributed by atoms with van der Waals surface area (Å²) in [5.41, 5.74) is 4.42. The van der Waals surface area contributed by atoms with Gasteiger partial charge in [0.05, 0.1) is 22.5 Å². The Labute approximate surface area is 147 Å². The van der Waals surface area contributed by atoms with E-state index in [1.807, 2.05) is 41.1 Å². The molecule has 0 saturated heterocycles. The molecule has 4 rings (SSSR count). The largest absolute Gasteiger partial charge is 0.497 e. The molecular weight excluding hydrogens is 320 g/mol. The highest BCUT2D eigenvalue weighted by Crippen LogP contribution is 2.30. The lowest BCUT2D eigenvalue weighted by molar-refractivity contribution is 0.415. The summed E-state index contributed by atoms with van der Waals surface area (Å²) in [6.45, 7) is 1.97. The van der Waals surface area contributed by atoms with Gasteiger partial charge in [0.15, 0.2) is 5.13 Å².